The Balaban J connectivity index is 2.31. The fraction of sp³-hybridized carbons (Fsp3) is 0.545. The van der Waals surface area contributed by atoms with E-state index in [1.807, 2.05) is 36.4 Å². The average molecular weight is 803 g/mol. The van der Waals surface area contributed by atoms with Gasteiger partial charge in [-0.05, 0) is 0 Å². The fourth-order valence-electron chi connectivity index (χ4n) is 8.11. The van der Waals surface area contributed by atoms with Gasteiger partial charge < -0.3 is 0 Å². The Morgan fingerprint density at radius 3 is 1.02 bits per heavy atom. The van der Waals surface area contributed by atoms with E-state index in [2.05, 4.69) is 65.8 Å². The van der Waals surface area contributed by atoms with Crippen LogP contribution in [0, 0.1) is 0 Å². The molecule has 0 aliphatic carbocycles. The second-order valence-electron chi connectivity index (χ2n) is 15.4. The Morgan fingerprint density at radius 1 is 0.500 bits per heavy atom. The summed E-state index contributed by atoms with van der Waals surface area (Å²) in [5.41, 5.74) is -0.163. The van der Waals surface area contributed by atoms with E-state index in [-0.39, 0.29) is 11.1 Å². The second kappa shape index (κ2) is 20.5. The molecule has 3 aromatic rings. The van der Waals surface area contributed by atoms with Gasteiger partial charge in [0.2, 0.25) is 0 Å². The first kappa shape index (κ1) is 45.8. The first-order valence-corrected chi connectivity index (χ1v) is 27.4. The van der Waals surface area contributed by atoms with Gasteiger partial charge in [-0.1, -0.05) is 0 Å². The van der Waals surface area contributed by atoms with Gasteiger partial charge in [-0.2, -0.15) is 0 Å². The summed E-state index contributed by atoms with van der Waals surface area (Å²) < 4.78 is 50.1. The Bertz CT molecular complexity index is 1590. The van der Waals surface area contributed by atoms with Gasteiger partial charge in [0.05, 0.1) is 0 Å². The molecule has 0 radical (unpaired) electrons. The van der Waals surface area contributed by atoms with E-state index in [1.165, 1.54) is 6.07 Å². The van der Waals surface area contributed by atoms with Gasteiger partial charge in [0.1, 0.15) is 0 Å². The van der Waals surface area contributed by atoms with Gasteiger partial charge in [-0.25, -0.2) is 0 Å². The molecule has 0 spiro atoms. The van der Waals surface area contributed by atoms with Crippen molar-refractivity contribution in [2.24, 2.45) is 0 Å². The van der Waals surface area contributed by atoms with E-state index in [4.69, 9.17) is 9.05 Å². The number of unbranched alkanes of at least 4 members (excludes halogenated alkanes) is 6. The van der Waals surface area contributed by atoms with Crippen molar-refractivity contribution in [3.63, 3.8) is 0 Å². The van der Waals surface area contributed by atoms with Gasteiger partial charge in [0.25, 0.3) is 0 Å². The van der Waals surface area contributed by atoms with E-state index in [1.54, 1.807) is 0 Å². The number of hydrogen-bond donors (Lipinski definition) is 1. The standard InChI is InChI=1S/C44H68O7P2S/c1-7-13-29-52(30-14-8-2,31-15-9-3,40-25-21-19-22-26-40)50-43(45)38-35-39(37-42(36-38)54(47,48)49)44(46)51-53(32-16-10-4,33-17-11-5,34-18-12-6)41-27-23-20-24-28-41/h19-28,35-37H,7-18,29-34H2,1-6H3,(H,47,48,49). The molecule has 0 atom stereocenters. The molecule has 0 unspecified atom stereocenters. The topological polar surface area (TPSA) is 107 Å². The van der Waals surface area contributed by atoms with Crippen LogP contribution in [0.25, 0.3) is 0 Å². The van der Waals surface area contributed by atoms with Crippen molar-refractivity contribution < 1.29 is 31.6 Å². The number of carbonyl (C=O) groups excluding carboxylic acids is 2. The number of carbonyl (C=O) groups is 2. The van der Waals surface area contributed by atoms with E-state index in [9.17, 15) is 22.6 Å². The molecule has 0 aromatic heterocycles. The first-order chi connectivity index (χ1) is 25.8. The van der Waals surface area contributed by atoms with Crippen molar-refractivity contribution in [3.05, 3.63) is 90.0 Å². The maximum atomic E-state index is 14.8. The zero-order valence-corrected chi connectivity index (χ0v) is 36.5. The molecule has 3 rings (SSSR count). The fourth-order valence-corrected chi connectivity index (χ4v) is 21.5. The Morgan fingerprint density at radius 2 is 0.778 bits per heavy atom. The third kappa shape index (κ3) is 10.8. The van der Waals surface area contributed by atoms with Crippen LogP contribution in [-0.4, -0.2) is 61.9 Å². The van der Waals surface area contributed by atoms with E-state index < -0.39 is 40.6 Å². The minimum atomic E-state index is -4.82. The summed E-state index contributed by atoms with van der Waals surface area (Å²) >= 11 is 0. The molecular weight excluding hydrogens is 734 g/mol. The van der Waals surface area contributed by atoms with Crippen molar-refractivity contribution in [2.45, 2.75) is 123 Å². The first-order valence-electron chi connectivity index (χ1n) is 20.5. The molecule has 7 nitrogen and oxygen atoms in total. The molecule has 0 amide bonds. The van der Waals surface area contributed by atoms with Crippen molar-refractivity contribution in [2.75, 3.05) is 37.0 Å². The summed E-state index contributed by atoms with van der Waals surface area (Å²) in [6.45, 7) is 5.89. The zero-order chi connectivity index (χ0) is 39.8. The summed E-state index contributed by atoms with van der Waals surface area (Å²) in [5, 5.41) is 2.08. The molecule has 3 aromatic carbocycles. The van der Waals surface area contributed by atoms with Crippen LogP contribution in [-0.2, 0) is 19.2 Å². The maximum absolute atomic E-state index is 14.8. The van der Waals surface area contributed by atoms with Gasteiger partial charge in [0.15, 0.2) is 0 Å². The van der Waals surface area contributed by atoms with Crippen molar-refractivity contribution in [1.29, 1.82) is 0 Å². The summed E-state index contributed by atoms with van der Waals surface area (Å²) in [4.78, 5) is 29.0. The van der Waals surface area contributed by atoms with Crippen LogP contribution in [0.5, 0.6) is 0 Å². The number of benzene rings is 3. The van der Waals surface area contributed by atoms with Crippen LogP contribution in [0.4, 0.5) is 0 Å². The van der Waals surface area contributed by atoms with Crippen LogP contribution in [0.3, 0.4) is 0 Å². The van der Waals surface area contributed by atoms with Crippen LogP contribution in [0.15, 0.2) is 83.8 Å². The van der Waals surface area contributed by atoms with Crippen LogP contribution < -0.4 is 10.6 Å². The van der Waals surface area contributed by atoms with Gasteiger partial charge in [-0.15, -0.1) is 0 Å². The molecule has 0 aliphatic heterocycles. The summed E-state index contributed by atoms with van der Waals surface area (Å²) in [6, 6.07) is 24.0. The Labute approximate surface area is 327 Å². The van der Waals surface area contributed by atoms with E-state index in [0.717, 1.165) is 137 Å². The average Bonchev–Trinajstić information content (AvgIpc) is 3.19. The molecule has 302 valence electrons. The van der Waals surface area contributed by atoms with Crippen LogP contribution >= 0.6 is 13.7 Å². The summed E-state index contributed by atoms with van der Waals surface area (Å²) in [7, 11) is -4.82. The number of hydrogen-bond acceptors (Lipinski definition) is 6. The third-order valence-electron chi connectivity index (χ3n) is 11.3. The van der Waals surface area contributed by atoms with Crippen molar-refractivity contribution in [3.8, 4) is 0 Å². The molecular formula is C44H68O7P2S. The second-order valence-corrected chi connectivity index (χ2v) is 27.4. The molecule has 10 heteroatoms. The molecule has 0 saturated heterocycles. The van der Waals surface area contributed by atoms with Crippen molar-refractivity contribution in [1.82, 2.24) is 0 Å². The molecule has 1 N–H and O–H groups in total. The molecule has 0 aliphatic rings. The minimum absolute atomic E-state index is 0.0813. The summed E-state index contributed by atoms with van der Waals surface area (Å²) in [5.74, 6) is -1.36. The monoisotopic (exact) mass is 802 g/mol. The molecule has 54 heavy (non-hydrogen) atoms. The van der Waals surface area contributed by atoms with Crippen LogP contribution in [0.2, 0.25) is 0 Å². The predicted octanol–water partition coefficient (Wildman–Crippen LogP) is 11.6. The quantitative estimate of drug-likeness (QED) is 0.0671. The summed E-state index contributed by atoms with van der Waals surface area (Å²) in [6.07, 6.45) is 15.1. The predicted molar refractivity (Wildman–Crippen MR) is 232 cm³/mol. The zero-order valence-electron chi connectivity index (χ0n) is 33.9. The van der Waals surface area contributed by atoms with Gasteiger partial charge in [0, 0.05) is 0 Å². The van der Waals surface area contributed by atoms with E-state index in [0.29, 0.717) is 0 Å². The van der Waals surface area contributed by atoms with Crippen LogP contribution in [0.1, 0.15) is 139 Å². The Hall–Kier alpha value is -2.63. The van der Waals surface area contributed by atoms with Gasteiger partial charge in [-0.3, -0.25) is 0 Å². The van der Waals surface area contributed by atoms with Gasteiger partial charge >= 0.3 is 328 Å². The molecule has 0 fully saturated rings. The molecule has 0 saturated carbocycles. The number of rotatable bonds is 25. The van der Waals surface area contributed by atoms with Crippen molar-refractivity contribution >= 4 is 46.3 Å². The SMILES string of the molecule is CCCCP(CCCC)(CCCC)(OC(=O)c1cc(C(=O)OP(CCCC)(CCCC)(CCCC)c2ccccc2)cc(S(=O)(=O)O)c1)c1ccccc1. The molecule has 0 bridgehead atoms. The Kier molecular flexibility index (Phi) is 17.4. The normalized spacial score (nSPS) is 13.7. The third-order valence-corrected chi connectivity index (χ3v) is 24.8. The molecule has 0 heterocycles. The van der Waals surface area contributed by atoms with E-state index >= 15 is 0 Å².